The fourth-order valence-electron chi connectivity index (χ4n) is 1.93. The Kier molecular flexibility index (Phi) is 3.48. The number of benzene rings is 2. The van der Waals surface area contributed by atoms with Gasteiger partial charge in [0.25, 0.3) is 0 Å². The largest absolute Gasteiger partial charge is 0.453 e. The van der Waals surface area contributed by atoms with Crippen molar-refractivity contribution < 1.29 is 8.81 Å². The van der Waals surface area contributed by atoms with Gasteiger partial charge in [0.05, 0.1) is 5.39 Å². The normalized spacial score (nSPS) is 10.9. The lowest BCUT2D eigenvalue weighted by Crippen LogP contribution is -2.08. The molecule has 20 heavy (non-hydrogen) atoms. The Hall–Kier alpha value is -1.46. The number of hydrogen-bond donors (Lipinski definition) is 0. The first kappa shape index (κ1) is 13.5. The van der Waals surface area contributed by atoms with Gasteiger partial charge in [-0.05, 0) is 30.3 Å². The second-order valence-electron chi connectivity index (χ2n) is 4.22. The molecule has 3 rings (SSSR count). The molecule has 1 aromatic heterocycles. The third-order valence-electron chi connectivity index (χ3n) is 2.90. The van der Waals surface area contributed by atoms with E-state index < -0.39 is 11.2 Å². The fourth-order valence-corrected chi connectivity index (χ4v) is 2.56. The van der Waals surface area contributed by atoms with E-state index in [-0.39, 0.29) is 11.1 Å². The van der Waals surface area contributed by atoms with Gasteiger partial charge in [-0.15, -0.1) is 0 Å². The Balaban J connectivity index is 2.32. The van der Waals surface area contributed by atoms with Crippen LogP contribution in [-0.2, 0) is 0 Å². The molecule has 0 aliphatic rings. The molecule has 0 spiro atoms. The van der Waals surface area contributed by atoms with Gasteiger partial charge >= 0.3 is 0 Å². The van der Waals surface area contributed by atoms with Crippen molar-refractivity contribution in [2.75, 3.05) is 0 Å². The van der Waals surface area contributed by atoms with E-state index in [1.807, 2.05) is 0 Å². The Morgan fingerprint density at radius 1 is 0.950 bits per heavy atom. The fraction of sp³-hybridized carbons (Fsp3) is 0. The summed E-state index contributed by atoms with van der Waals surface area (Å²) in [5.74, 6) is -0.921. The van der Waals surface area contributed by atoms with Gasteiger partial charge in [-0.2, -0.15) is 4.39 Å². The van der Waals surface area contributed by atoms with Crippen molar-refractivity contribution in [3.8, 4) is 11.3 Å². The van der Waals surface area contributed by atoms with Gasteiger partial charge in [0.15, 0.2) is 5.76 Å². The zero-order valence-electron chi connectivity index (χ0n) is 9.99. The van der Waals surface area contributed by atoms with Gasteiger partial charge in [0.2, 0.25) is 11.2 Å². The summed E-state index contributed by atoms with van der Waals surface area (Å²) in [5, 5.41) is 0.220. The van der Waals surface area contributed by atoms with E-state index in [4.69, 9.17) is 4.42 Å². The van der Waals surface area contributed by atoms with Crippen LogP contribution >= 0.6 is 31.9 Å². The molecule has 1 heterocycles. The highest BCUT2D eigenvalue weighted by Crippen LogP contribution is 2.27. The molecule has 100 valence electrons. The first-order valence-electron chi connectivity index (χ1n) is 5.74. The van der Waals surface area contributed by atoms with E-state index in [9.17, 15) is 9.18 Å². The van der Waals surface area contributed by atoms with Crippen LogP contribution in [0.5, 0.6) is 0 Å². The molecule has 0 saturated carbocycles. The maximum Gasteiger partial charge on any atom is 0.229 e. The minimum Gasteiger partial charge on any atom is -0.453 e. The minimum absolute atomic E-state index is 0.0441. The highest BCUT2D eigenvalue weighted by molar-refractivity contribution is 9.10. The maximum absolute atomic E-state index is 14.2. The quantitative estimate of drug-likeness (QED) is 0.570. The summed E-state index contributed by atoms with van der Waals surface area (Å²) in [6.45, 7) is 0. The van der Waals surface area contributed by atoms with Crippen LogP contribution in [0, 0.1) is 5.82 Å². The molecule has 2 nitrogen and oxygen atoms in total. The molecular formula is C15H7Br2FO2. The van der Waals surface area contributed by atoms with Gasteiger partial charge in [0.1, 0.15) is 5.58 Å². The van der Waals surface area contributed by atoms with Crippen molar-refractivity contribution >= 4 is 42.8 Å². The number of halogens is 3. The Labute approximate surface area is 130 Å². The standard InChI is InChI=1S/C15H7Br2FO2/c16-9-3-1-8(2-4-9)15-13(18)14(19)11-7-10(17)5-6-12(11)20-15/h1-7H. The predicted molar refractivity (Wildman–Crippen MR) is 83.3 cm³/mol. The lowest BCUT2D eigenvalue weighted by atomic mass is 10.1. The molecule has 0 N–H and O–H groups in total. The summed E-state index contributed by atoms with van der Waals surface area (Å²) in [7, 11) is 0. The molecule has 0 atom stereocenters. The zero-order chi connectivity index (χ0) is 14.3. The molecule has 0 saturated heterocycles. The van der Waals surface area contributed by atoms with E-state index in [1.165, 1.54) is 0 Å². The highest BCUT2D eigenvalue weighted by Gasteiger charge is 2.16. The van der Waals surface area contributed by atoms with Crippen LogP contribution in [-0.4, -0.2) is 0 Å². The SMILES string of the molecule is O=c1c(F)c(-c2ccc(Br)cc2)oc2ccc(Br)cc12. The average molecular weight is 398 g/mol. The Morgan fingerprint density at radius 3 is 2.30 bits per heavy atom. The molecule has 0 amide bonds. The second kappa shape index (κ2) is 5.14. The smallest absolute Gasteiger partial charge is 0.229 e. The molecule has 0 fully saturated rings. The van der Waals surface area contributed by atoms with Crippen LogP contribution in [0.1, 0.15) is 0 Å². The zero-order valence-corrected chi connectivity index (χ0v) is 13.2. The Bertz CT molecular complexity index is 854. The maximum atomic E-state index is 14.2. The third-order valence-corrected chi connectivity index (χ3v) is 3.93. The molecule has 0 bridgehead atoms. The van der Waals surface area contributed by atoms with E-state index in [0.29, 0.717) is 15.6 Å². The molecule has 3 aromatic rings. The molecule has 0 unspecified atom stereocenters. The topological polar surface area (TPSA) is 30.2 Å². The minimum atomic E-state index is -0.877. The average Bonchev–Trinajstić information content (AvgIpc) is 2.44. The van der Waals surface area contributed by atoms with Crippen LogP contribution in [0.2, 0.25) is 0 Å². The summed E-state index contributed by atoms with van der Waals surface area (Å²) in [6.07, 6.45) is 0. The summed E-state index contributed by atoms with van der Waals surface area (Å²) in [4.78, 5) is 12.1. The number of hydrogen-bond acceptors (Lipinski definition) is 2. The Morgan fingerprint density at radius 2 is 1.60 bits per heavy atom. The van der Waals surface area contributed by atoms with Gasteiger partial charge in [-0.3, -0.25) is 4.79 Å². The number of fused-ring (bicyclic) bond motifs is 1. The third kappa shape index (κ3) is 2.31. The first-order valence-corrected chi connectivity index (χ1v) is 7.32. The van der Waals surface area contributed by atoms with Crippen molar-refractivity contribution in [2.24, 2.45) is 0 Å². The van der Waals surface area contributed by atoms with Crippen LogP contribution in [0.4, 0.5) is 4.39 Å². The number of rotatable bonds is 1. The van der Waals surface area contributed by atoms with Gasteiger partial charge in [-0.25, -0.2) is 0 Å². The molecular weight excluding hydrogens is 391 g/mol. The van der Waals surface area contributed by atoms with Gasteiger partial charge in [-0.1, -0.05) is 44.0 Å². The molecule has 0 aliphatic carbocycles. The lowest BCUT2D eigenvalue weighted by Gasteiger charge is -2.05. The van der Waals surface area contributed by atoms with Gasteiger partial charge in [0, 0.05) is 14.5 Å². The van der Waals surface area contributed by atoms with Crippen molar-refractivity contribution in [3.05, 3.63) is 67.5 Å². The van der Waals surface area contributed by atoms with Crippen LogP contribution in [0.3, 0.4) is 0 Å². The molecule has 0 aliphatic heterocycles. The summed E-state index contributed by atoms with van der Waals surface area (Å²) >= 11 is 6.56. The summed E-state index contributed by atoms with van der Waals surface area (Å²) < 4.78 is 21.3. The van der Waals surface area contributed by atoms with E-state index in [0.717, 1.165) is 4.47 Å². The van der Waals surface area contributed by atoms with E-state index in [1.54, 1.807) is 42.5 Å². The van der Waals surface area contributed by atoms with Crippen LogP contribution in [0.25, 0.3) is 22.3 Å². The van der Waals surface area contributed by atoms with Crippen molar-refractivity contribution in [1.29, 1.82) is 0 Å². The second-order valence-corrected chi connectivity index (χ2v) is 6.05. The monoisotopic (exact) mass is 396 g/mol. The van der Waals surface area contributed by atoms with Crippen molar-refractivity contribution in [1.82, 2.24) is 0 Å². The lowest BCUT2D eigenvalue weighted by molar-refractivity contribution is 0.535. The molecule has 2 aromatic carbocycles. The van der Waals surface area contributed by atoms with E-state index >= 15 is 0 Å². The van der Waals surface area contributed by atoms with Crippen molar-refractivity contribution in [3.63, 3.8) is 0 Å². The van der Waals surface area contributed by atoms with Crippen LogP contribution in [0.15, 0.2) is 60.6 Å². The summed E-state index contributed by atoms with van der Waals surface area (Å²) in [6, 6.07) is 11.8. The summed E-state index contributed by atoms with van der Waals surface area (Å²) in [5.41, 5.74) is 0.218. The van der Waals surface area contributed by atoms with Gasteiger partial charge < -0.3 is 4.42 Å². The van der Waals surface area contributed by atoms with Crippen molar-refractivity contribution in [2.45, 2.75) is 0 Å². The highest BCUT2D eigenvalue weighted by atomic mass is 79.9. The van der Waals surface area contributed by atoms with E-state index in [2.05, 4.69) is 31.9 Å². The molecule has 0 radical (unpaired) electrons. The first-order chi connectivity index (χ1) is 9.56. The predicted octanol–water partition coefficient (Wildman–Crippen LogP) is 5.12. The van der Waals surface area contributed by atoms with Crippen LogP contribution < -0.4 is 5.43 Å². The molecule has 5 heteroatoms.